The highest BCUT2D eigenvalue weighted by molar-refractivity contribution is 5.41. The first-order chi connectivity index (χ1) is 9.04. The van der Waals surface area contributed by atoms with Crippen molar-refractivity contribution in [3.8, 4) is 0 Å². The second kappa shape index (κ2) is 5.98. The van der Waals surface area contributed by atoms with Gasteiger partial charge in [-0.1, -0.05) is 26.7 Å². The second-order valence-corrected chi connectivity index (χ2v) is 6.48. The fraction of sp³-hybridized carbons (Fsp3) is 0.812. The summed E-state index contributed by atoms with van der Waals surface area (Å²) in [6, 6.07) is 0.406. The summed E-state index contributed by atoms with van der Waals surface area (Å²) in [5.74, 6) is 3.51. The van der Waals surface area contributed by atoms with Gasteiger partial charge in [0.2, 0.25) is 0 Å². The third kappa shape index (κ3) is 2.96. The molecule has 19 heavy (non-hydrogen) atoms. The Hall–Kier alpha value is -0.990. The SMILES string of the molecule is CCCc1nc(C2CCCC(C)C2)c(N)n1C(C)C. The van der Waals surface area contributed by atoms with Crippen molar-refractivity contribution in [2.45, 2.75) is 78.2 Å². The third-order valence-electron chi connectivity index (χ3n) is 4.36. The van der Waals surface area contributed by atoms with Crippen molar-refractivity contribution < 1.29 is 0 Å². The van der Waals surface area contributed by atoms with Gasteiger partial charge in [0.25, 0.3) is 0 Å². The molecule has 0 spiro atoms. The van der Waals surface area contributed by atoms with E-state index in [2.05, 4.69) is 32.3 Å². The lowest BCUT2D eigenvalue weighted by atomic mass is 9.81. The largest absolute Gasteiger partial charge is 0.384 e. The number of rotatable bonds is 4. The summed E-state index contributed by atoms with van der Waals surface area (Å²) in [7, 11) is 0. The lowest BCUT2D eigenvalue weighted by Gasteiger charge is -2.26. The fourth-order valence-corrected chi connectivity index (χ4v) is 3.47. The Morgan fingerprint density at radius 3 is 2.68 bits per heavy atom. The van der Waals surface area contributed by atoms with Crippen molar-refractivity contribution in [2.24, 2.45) is 5.92 Å². The minimum absolute atomic E-state index is 0.406. The van der Waals surface area contributed by atoms with Crippen LogP contribution >= 0.6 is 0 Å². The van der Waals surface area contributed by atoms with Crippen LogP contribution in [-0.4, -0.2) is 9.55 Å². The zero-order valence-electron chi connectivity index (χ0n) is 12.9. The van der Waals surface area contributed by atoms with Gasteiger partial charge in [0.15, 0.2) is 0 Å². The monoisotopic (exact) mass is 263 g/mol. The molecule has 1 aliphatic carbocycles. The zero-order valence-corrected chi connectivity index (χ0v) is 12.9. The van der Waals surface area contributed by atoms with Gasteiger partial charge in [-0.15, -0.1) is 0 Å². The van der Waals surface area contributed by atoms with Crippen molar-refractivity contribution in [3.05, 3.63) is 11.5 Å². The van der Waals surface area contributed by atoms with Crippen LogP contribution in [0.4, 0.5) is 5.82 Å². The molecule has 1 aromatic rings. The molecular weight excluding hydrogens is 234 g/mol. The molecule has 0 aromatic carbocycles. The summed E-state index contributed by atoms with van der Waals surface area (Å²) in [6.07, 6.45) is 7.36. The van der Waals surface area contributed by atoms with Gasteiger partial charge in [-0.3, -0.25) is 0 Å². The molecule has 3 nitrogen and oxygen atoms in total. The van der Waals surface area contributed by atoms with Crippen LogP contribution in [0, 0.1) is 5.92 Å². The Balaban J connectivity index is 2.32. The van der Waals surface area contributed by atoms with Gasteiger partial charge in [0, 0.05) is 18.4 Å². The Morgan fingerprint density at radius 1 is 1.37 bits per heavy atom. The van der Waals surface area contributed by atoms with Crippen molar-refractivity contribution >= 4 is 5.82 Å². The van der Waals surface area contributed by atoms with E-state index in [0.29, 0.717) is 12.0 Å². The fourth-order valence-electron chi connectivity index (χ4n) is 3.47. The van der Waals surface area contributed by atoms with Gasteiger partial charge < -0.3 is 10.3 Å². The van der Waals surface area contributed by atoms with Crippen molar-refractivity contribution in [3.63, 3.8) is 0 Å². The van der Waals surface area contributed by atoms with E-state index in [9.17, 15) is 0 Å². The maximum atomic E-state index is 6.41. The maximum absolute atomic E-state index is 6.41. The van der Waals surface area contributed by atoms with E-state index in [1.54, 1.807) is 0 Å². The second-order valence-electron chi connectivity index (χ2n) is 6.48. The van der Waals surface area contributed by atoms with Crippen LogP contribution in [0.15, 0.2) is 0 Å². The minimum Gasteiger partial charge on any atom is -0.384 e. The molecule has 2 N–H and O–H groups in total. The topological polar surface area (TPSA) is 43.8 Å². The van der Waals surface area contributed by atoms with E-state index in [1.165, 1.54) is 37.2 Å². The normalized spacial score (nSPS) is 24.1. The van der Waals surface area contributed by atoms with Crippen molar-refractivity contribution in [1.82, 2.24) is 9.55 Å². The van der Waals surface area contributed by atoms with Gasteiger partial charge in [0.05, 0.1) is 5.69 Å². The predicted octanol–water partition coefficient (Wildman–Crippen LogP) is 4.29. The number of nitrogens with zero attached hydrogens (tertiary/aromatic N) is 2. The summed E-state index contributed by atoms with van der Waals surface area (Å²) in [5, 5.41) is 0. The van der Waals surface area contributed by atoms with Crippen molar-refractivity contribution in [2.75, 3.05) is 5.73 Å². The van der Waals surface area contributed by atoms with E-state index in [1.807, 2.05) is 0 Å². The summed E-state index contributed by atoms with van der Waals surface area (Å²) in [6.45, 7) is 8.96. The van der Waals surface area contributed by atoms with Crippen LogP contribution in [0.5, 0.6) is 0 Å². The molecule has 0 radical (unpaired) electrons. The average molecular weight is 263 g/mol. The molecule has 0 bridgehead atoms. The molecule has 0 saturated heterocycles. The first kappa shape index (κ1) is 14.4. The molecule has 2 atom stereocenters. The minimum atomic E-state index is 0.406. The number of aryl methyl sites for hydroxylation is 1. The highest BCUT2D eigenvalue weighted by Crippen LogP contribution is 2.38. The summed E-state index contributed by atoms with van der Waals surface area (Å²) in [5.41, 5.74) is 7.60. The van der Waals surface area contributed by atoms with Crippen LogP contribution < -0.4 is 5.73 Å². The Labute approximate surface area is 117 Å². The number of nitrogen functional groups attached to an aromatic ring is 1. The van der Waals surface area contributed by atoms with E-state index in [-0.39, 0.29) is 0 Å². The molecule has 1 heterocycles. The molecule has 2 rings (SSSR count). The maximum Gasteiger partial charge on any atom is 0.127 e. The number of aromatic nitrogens is 2. The molecule has 2 unspecified atom stereocenters. The zero-order chi connectivity index (χ0) is 14.0. The lowest BCUT2D eigenvalue weighted by molar-refractivity contribution is 0.341. The summed E-state index contributed by atoms with van der Waals surface area (Å²) >= 11 is 0. The molecule has 1 aromatic heterocycles. The first-order valence-electron chi connectivity index (χ1n) is 7.91. The Kier molecular flexibility index (Phi) is 4.54. The molecule has 3 heteroatoms. The number of hydrogen-bond acceptors (Lipinski definition) is 2. The van der Waals surface area contributed by atoms with Crippen LogP contribution in [0.1, 0.15) is 83.3 Å². The van der Waals surface area contributed by atoms with Gasteiger partial charge in [0.1, 0.15) is 11.6 Å². The summed E-state index contributed by atoms with van der Waals surface area (Å²) < 4.78 is 2.25. The Bertz CT molecular complexity index is 420. The van der Waals surface area contributed by atoms with E-state index in [0.717, 1.165) is 24.6 Å². The molecular formula is C16H29N3. The molecule has 108 valence electrons. The number of imidazole rings is 1. The quantitative estimate of drug-likeness (QED) is 0.880. The lowest BCUT2D eigenvalue weighted by Crippen LogP contribution is -2.14. The van der Waals surface area contributed by atoms with Crippen LogP contribution in [0.25, 0.3) is 0 Å². The first-order valence-corrected chi connectivity index (χ1v) is 7.91. The van der Waals surface area contributed by atoms with Crippen LogP contribution in [-0.2, 0) is 6.42 Å². The standard InChI is InChI=1S/C16H29N3/c1-5-7-14-18-15(16(17)19(14)11(2)3)13-9-6-8-12(4)10-13/h11-13H,5-10,17H2,1-4H3. The molecule has 1 aliphatic rings. The van der Waals surface area contributed by atoms with Gasteiger partial charge in [-0.05, 0) is 39.0 Å². The van der Waals surface area contributed by atoms with E-state index >= 15 is 0 Å². The van der Waals surface area contributed by atoms with Gasteiger partial charge >= 0.3 is 0 Å². The average Bonchev–Trinajstić information content (AvgIpc) is 2.67. The predicted molar refractivity (Wildman–Crippen MR) is 81.4 cm³/mol. The molecule has 1 fully saturated rings. The van der Waals surface area contributed by atoms with E-state index < -0.39 is 0 Å². The highest BCUT2D eigenvalue weighted by Gasteiger charge is 2.27. The highest BCUT2D eigenvalue weighted by atomic mass is 15.2. The Morgan fingerprint density at radius 2 is 2.11 bits per heavy atom. The number of anilines is 1. The van der Waals surface area contributed by atoms with Gasteiger partial charge in [-0.2, -0.15) is 0 Å². The van der Waals surface area contributed by atoms with E-state index in [4.69, 9.17) is 10.7 Å². The number of nitrogens with two attached hydrogens (primary N) is 1. The van der Waals surface area contributed by atoms with Crippen molar-refractivity contribution in [1.29, 1.82) is 0 Å². The molecule has 0 aliphatic heterocycles. The smallest absolute Gasteiger partial charge is 0.127 e. The molecule has 1 saturated carbocycles. The summed E-state index contributed by atoms with van der Waals surface area (Å²) in [4.78, 5) is 4.92. The van der Waals surface area contributed by atoms with Crippen LogP contribution in [0.2, 0.25) is 0 Å². The third-order valence-corrected chi connectivity index (χ3v) is 4.36. The molecule has 0 amide bonds. The number of hydrogen-bond donors (Lipinski definition) is 1. The van der Waals surface area contributed by atoms with Crippen LogP contribution in [0.3, 0.4) is 0 Å². The van der Waals surface area contributed by atoms with Gasteiger partial charge in [-0.25, -0.2) is 4.98 Å².